The lowest BCUT2D eigenvalue weighted by Crippen LogP contribution is -2.55. The fourth-order valence-corrected chi connectivity index (χ4v) is 3.18. The van der Waals surface area contributed by atoms with Crippen LogP contribution in [0.25, 0.3) is 0 Å². The standard InChI is InChI=1S/C13H16BrClN2O.ClH/c1-8-6-17(7-9(2)16-8)13(18)11-4-3-10(15)5-12(11)14;/h3-5,8-9,16H,6-7H2,1-2H3;1H. The lowest BCUT2D eigenvalue weighted by atomic mass is 10.1. The molecular formula is C13H17BrCl2N2O. The summed E-state index contributed by atoms with van der Waals surface area (Å²) in [7, 11) is 0. The van der Waals surface area contributed by atoms with Crippen LogP contribution in [0.15, 0.2) is 22.7 Å². The fraction of sp³-hybridized carbons (Fsp3) is 0.462. The molecule has 0 spiro atoms. The molecule has 2 unspecified atom stereocenters. The summed E-state index contributed by atoms with van der Waals surface area (Å²) < 4.78 is 0.749. The Labute approximate surface area is 133 Å². The third-order valence-corrected chi connectivity index (χ3v) is 3.90. The maximum Gasteiger partial charge on any atom is 0.255 e. The van der Waals surface area contributed by atoms with Crippen LogP contribution in [-0.4, -0.2) is 36.0 Å². The molecule has 1 aliphatic heterocycles. The summed E-state index contributed by atoms with van der Waals surface area (Å²) >= 11 is 9.29. The van der Waals surface area contributed by atoms with Crippen LogP contribution in [0.2, 0.25) is 5.02 Å². The second-order valence-corrected chi connectivity index (χ2v) is 6.09. The minimum absolute atomic E-state index is 0. The number of carbonyl (C=O) groups is 1. The van der Waals surface area contributed by atoms with Crippen molar-refractivity contribution in [1.29, 1.82) is 0 Å². The van der Waals surface area contributed by atoms with E-state index in [1.54, 1.807) is 18.2 Å². The van der Waals surface area contributed by atoms with Crippen LogP contribution in [0.3, 0.4) is 0 Å². The molecule has 1 amide bonds. The molecule has 2 rings (SSSR count). The first-order chi connectivity index (χ1) is 8.47. The topological polar surface area (TPSA) is 32.3 Å². The van der Waals surface area contributed by atoms with Crippen LogP contribution in [0.4, 0.5) is 0 Å². The van der Waals surface area contributed by atoms with E-state index in [1.165, 1.54) is 0 Å². The van der Waals surface area contributed by atoms with Gasteiger partial charge in [-0.2, -0.15) is 0 Å². The summed E-state index contributed by atoms with van der Waals surface area (Å²) in [5, 5.41) is 4.04. The predicted octanol–water partition coefficient (Wildman–Crippen LogP) is 3.35. The lowest BCUT2D eigenvalue weighted by Gasteiger charge is -2.36. The quantitative estimate of drug-likeness (QED) is 0.825. The molecule has 0 aromatic heterocycles. The van der Waals surface area contributed by atoms with E-state index in [9.17, 15) is 4.79 Å². The monoisotopic (exact) mass is 366 g/mol. The minimum atomic E-state index is 0. The highest BCUT2D eigenvalue weighted by atomic mass is 79.9. The molecule has 1 heterocycles. The Morgan fingerprint density at radius 2 is 1.95 bits per heavy atom. The van der Waals surface area contributed by atoms with Gasteiger partial charge in [-0.1, -0.05) is 11.6 Å². The van der Waals surface area contributed by atoms with Gasteiger partial charge in [-0.15, -0.1) is 12.4 Å². The Hall–Kier alpha value is -0.290. The normalized spacial score (nSPS) is 22.8. The Kier molecular flexibility index (Phi) is 6.12. The highest BCUT2D eigenvalue weighted by molar-refractivity contribution is 9.10. The Balaban J connectivity index is 0.00000180. The first kappa shape index (κ1) is 16.8. The van der Waals surface area contributed by atoms with E-state index in [0.717, 1.165) is 17.6 Å². The van der Waals surface area contributed by atoms with E-state index >= 15 is 0 Å². The van der Waals surface area contributed by atoms with E-state index in [0.29, 0.717) is 22.7 Å². The van der Waals surface area contributed by atoms with Gasteiger partial charge in [0.2, 0.25) is 0 Å². The number of amides is 1. The van der Waals surface area contributed by atoms with Crippen molar-refractivity contribution < 1.29 is 4.79 Å². The number of hydrogen-bond acceptors (Lipinski definition) is 2. The van der Waals surface area contributed by atoms with Crippen LogP contribution in [0.5, 0.6) is 0 Å². The molecule has 1 aromatic rings. The Morgan fingerprint density at radius 3 is 2.47 bits per heavy atom. The van der Waals surface area contributed by atoms with Crippen molar-refractivity contribution in [1.82, 2.24) is 10.2 Å². The smallest absolute Gasteiger partial charge is 0.255 e. The molecule has 1 saturated heterocycles. The maximum absolute atomic E-state index is 12.4. The van der Waals surface area contributed by atoms with Crippen LogP contribution in [0, 0.1) is 0 Å². The number of rotatable bonds is 1. The molecular weight excluding hydrogens is 351 g/mol. The SMILES string of the molecule is CC1CN(C(=O)c2ccc(Cl)cc2Br)CC(C)N1.Cl. The number of nitrogens with one attached hydrogen (secondary N) is 1. The second kappa shape index (κ2) is 6.93. The van der Waals surface area contributed by atoms with Crippen LogP contribution >= 0.6 is 39.9 Å². The van der Waals surface area contributed by atoms with Gasteiger partial charge in [-0.05, 0) is 48.0 Å². The zero-order chi connectivity index (χ0) is 13.3. The average molecular weight is 368 g/mol. The Morgan fingerprint density at radius 1 is 1.37 bits per heavy atom. The third kappa shape index (κ3) is 4.09. The van der Waals surface area contributed by atoms with Crippen molar-refractivity contribution in [3.8, 4) is 0 Å². The van der Waals surface area contributed by atoms with Crippen LogP contribution in [0.1, 0.15) is 24.2 Å². The summed E-state index contributed by atoms with van der Waals surface area (Å²) in [4.78, 5) is 14.3. The molecule has 0 radical (unpaired) electrons. The summed E-state index contributed by atoms with van der Waals surface area (Å²) in [5.41, 5.74) is 0.667. The van der Waals surface area contributed by atoms with Gasteiger partial charge < -0.3 is 10.2 Å². The largest absolute Gasteiger partial charge is 0.336 e. The highest BCUT2D eigenvalue weighted by Crippen LogP contribution is 2.23. The van der Waals surface area contributed by atoms with E-state index in [1.807, 2.05) is 4.90 Å². The summed E-state index contributed by atoms with van der Waals surface area (Å²) in [6.45, 7) is 5.65. The van der Waals surface area contributed by atoms with E-state index in [2.05, 4.69) is 35.1 Å². The Bertz CT molecular complexity index is 460. The number of carbonyl (C=O) groups excluding carboxylic acids is 1. The van der Waals surface area contributed by atoms with E-state index in [-0.39, 0.29) is 18.3 Å². The molecule has 0 bridgehead atoms. The van der Waals surface area contributed by atoms with Crippen molar-refractivity contribution in [2.45, 2.75) is 25.9 Å². The van der Waals surface area contributed by atoms with Crippen molar-refractivity contribution in [3.05, 3.63) is 33.3 Å². The first-order valence-electron chi connectivity index (χ1n) is 5.97. The molecule has 6 heteroatoms. The van der Waals surface area contributed by atoms with Crippen LogP contribution < -0.4 is 5.32 Å². The first-order valence-corrected chi connectivity index (χ1v) is 7.15. The summed E-state index contributed by atoms with van der Waals surface area (Å²) in [5.74, 6) is 0.0544. The molecule has 1 fully saturated rings. The second-order valence-electron chi connectivity index (χ2n) is 4.80. The number of halogens is 3. The van der Waals surface area contributed by atoms with Crippen molar-refractivity contribution in [2.24, 2.45) is 0 Å². The third-order valence-electron chi connectivity index (χ3n) is 3.01. The summed E-state index contributed by atoms with van der Waals surface area (Å²) in [6.07, 6.45) is 0. The molecule has 0 aliphatic carbocycles. The minimum Gasteiger partial charge on any atom is -0.336 e. The van der Waals surface area contributed by atoms with E-state index in [4.69, 9.17) is 11.6 Å². The van der Waals surface area contributed by atoms with E-state index < -0.39 is 0 Å². The lowest BCUT2D eigenvalue weighted by molar-refractivity contribution is 0.0673. The van der Waals surface area contributed by atoms with Gasteiger partial charge in [0.05, 0.1) is 5.56 Å². The van der Waals surface area contributed by atoms with Gasteiger partial charge >= 0.3 is 0 Å². The number of piperazine rings is 1. The molecule has 3 nitrogen and oxygen atoms in total. The van der Waals surface area contributed by atoms with Crippen molar-refractivity contribution in [2.75, 3.05) is 13.1 Å². The summed E-state index contributed by atoms with van der Waals surface area (Å²) in [6, 6.07) is 5.91. The van der Waals surface area contributed by atoms with Gasteiger partial charge in [0, 0.05) is 34.7 Å². The highest BCUT2D eigenvalue weighted by Gasteiger charge is 2.26. The molecule has 1 N–H and O–H groups in total. The average Bonchev–Trinajstić information content (AvgIpc) is 2.26. The van der Waals surface area contributed by atoms with Gasteiger partial charge in [0.25, 0.3) is 5.91 Å². The number of hydrogen-bond donors (Lipinski definition) is 1. The predicted molar refractivity (Wildman–Crippen MR) is 84.4 cm³/mol. The van der Waals surface area contributed by atoms with Crippen molar-refractivity contribution >= 4 is 45.8 Å². The van der Waals surface area contributed by atoms with Gasteiger partial charge in [-0.25, -0.2) is 0 Å². The maximum atomic E-state index is 12.4. The zero-order valence-electron chi connectivity index (χ0n) is 10.8. The molecule has 2 atom stereocenters. The molecule has 106 valence electrons. The zero-order valence-corrected chi connectivity index (χ0v) is 14.0. The molecule has 0 saturated carbocycles. The molecule has 1 aromatic carbocycles. The molecule has 1 aliphatic rings. The van der Waals surface area contributed by atoms with Gasteiger partial charge in [-0.3, -0.25) is 4.79 Å². The number of nitrogens with zero attached hydrogens (tertiary/aromatic N) is 1. The van der Waals surface area contributed by atoms with Gasteiger partial charge in [0.1, 0.15) is 0 Å². The fourth-order valence-electron chi connectivity index (χ4n) is 2.33. The van der Waals surface area contributed by atoms with Crippen molar-refractivity contribution in [3.63, 3.8) is 0 Å². The van der Waals surface area contributed by atoms with Gasteiger partial charge in [0.15, 0.2) is 0 Å². The van der Waals surface area contributed by atoms with Crippen LogP contribution in [-0.2, 0) is 0 Å². The number of benzene rings is 1. The molecule has 19 heavy (non-hydrogen) atoms.